The zero-order valence-corrected chi connectivity index (χ0v) is 18.6. The van der Waals surface area contributed by atoms with Crippen molar-refractivity contribution in [1.29, 1.82) is 0 Å². The van der Waals surface area contributed by atoms with E-state index < -0.39 is 11.9 Å². The number of aliphatic hydroxyl groups excluding tert-OH is 1. The molecule has 0 aliphatic carbocycles. The van der Waals surface area contributed by atoms with Gasteiger partial charge in [0.1, 0.15) is 12.4 Å². The van der Waals surface area contributed by atoms with Gasteiger partial charge in [0, 0.05) is 29.7 Å². The Morgan fingerprint density at radius 2 is 1.71 bits per heavy atom. The Morgan fingerprint density at radius 3 is 2.42 bits per heavy atom. The maximum absolute atomic E-state index is 14.0. The van der Waals surface area contributed by atoms with Crippen LogP contribution >= 0.6 is 23.2 Å². The zero-order chi connectivity index (χ0) is 22.2. The lowest BCUT2D eigenvalue weighted by atomic mass is 10.1. The van der Waals surface area contributed by atoms with Gasteiger partial charge in [-0.25, -0.2) is 4.39 Å². The Bertz CT molecular complexity index is 981. The molecule has 0 aliphatic rings. The van der Waals surface area contributed by atoms with Crippen molar-refractivity contribution in [1.82, 2.24) is 5.32 Å². The van der Waals surface area contributed by atoms with Gasteiger partial charge < -0.3 is 19.9 Å². The Kier molecular flexibility index (Phi) is 8.55. The number of ether oxygens (including phenoxy) is 2. The number of halogens is 3. The van der Waals surface area contributed by atoms with Gasteiger partial charge in [-0.2, -0.15) is 0 Å². The smallest absolute Gasteiger partial charge is 0.163 e. The van der Waals surface area contributed by atoms with Crippen molar-refractivity contribution in [3.05, 3.63) is 93.2 Å². The van der Waals surface area contributed by atoms with Crippen LogP contribution < -0.4 is 14.8 Å². The van der Waals surface area contributed by atoms with Gasteiger partial charge in [0.25, 0.3) is 0 Å². The zero-order valence-electron chi connectivity index (χ0n) is 17.1. The fourth-order valence-corrected chi connectivity index (χ4v) is 3.49. The summed E-state index contributed by atoms with van der Waals surface area (Å²) in [4.78, 5) is 0. The molecule has 3 rings (SSSR count). The molecule has 0 radical (unpaired) electrons. The van der Waals surface area contributed by atoms with Crippen LogP contribution in [-0.2, 0) is 13.2 Å². The Morgan fingerprint density at radius 1 is 0.968 bits per heavy atom. The summed E-state index contributed by atoms with van der Waals surface area (Å²) in [6.07, 6.45) is -0.625. The third-order valence-corrected chi connectivity index (χ3v) is 5.39. The second-order valence-electron chi connectivity index (χ2n) is 6.87. The number of hydrogen-bond donors (Lipinski definition) is 2. The van der Waals surface area contributed by atoms with Gasteiger partial charge in [-0.1, -0.05) is 59.6 Å². The van der Waals surface area contributed by atoms with Gasteiger partial charge in [0.15, 0.2) is 11.5 Å². The van der Waals surface area contributed by atoms with E-state index in [4.69, 9.17) is 32.7 Å². The summed E-state index contributed by atoms with van der Waals surface area (Å²) in [6, 6.07) is 17.3. The molecule has 0 aromatic heterocycles. The van der Waals surface area contributed by atoms with Gasteiger partial charge in [-0.05, 0) is 36.2 Å². The molecule has 0 fully saturated rings. The fraction of sp³-hybridized carbons (Fsp3) is 0.250. The van der Waals surface area contributed by atoms with E-state index in [2.05, 4.69) is 5.32 Å². The molecule has 3 aromatic carbocycles. The van der Waals surface area contributed by atoms with Crippen molar-refractivity contribution in [2.45, 2.75) is 26.2 Å². The summed E-state index contributed by atoms with van der Waals surface area (Å²) in [5.41, 5.74) is 1.90. The average Bonchev–Trinajstić information content (AvgIpc) is 2.76. The third kappa shape index (κ3) is 6.34. The Balaban J connectivity index is 1.68. The quantitative estimate of drug-likeness (QED) is 0.390. The topological polar surface area (TPSA) is 50.7 Å². The summed E-state index contributed by atoms with van der Waals surface area (Å²) in [6.45, 7) is 3.04. The third-order valence-electron chi connectivity index (χ3n) is 4.68. The first-order chi connectivity index (χ1) is 15.0. The van der Waals surface area contributed by atoms with Crippen molar-refractivity contribution in [2.24, 2.45) is 0 Å². The molecular formula is C24H24Cl2FNO3. The normalized spacial score (nSPS) is 11.9. The van der Waals surface area contributed by atoms with Crippen LogP contribution in [0.3, 0.4) is 0 Å². The van der Waals surface area contributed by atoms with E-state index in [-0.39, 0.29) is 12.2 Å². The first-order valence-electron chi connectivity index (χ1n) is 9.94. The molecule has 0 amide bonds. The summed E-state index contributed by atoms with van der Waals surface area (Å²) < 4.78 is 25.5. The summed E-state index contributed by atoms with van der Waals surface area (Å²) >= 11 is 12.5. The number of benzene rings is 3. The molecule has 1 atom stereocenters. The van der Waals surface area contributed by atoms with E-state index in [1.807, 2.05) is 37.3 Å². The van der Waals surface area contributed by atoms with Gasteiger partial charge in [-0.15, -0.1) is 0 Å². The molecule has 0 saturated heterocycles. The monoisotopic (exact) mass is 463 g/mol. The lowest BCUT2D eigenvalue weighted by molar-refractivity contribution is 0.174. The lowest BCUT2D eigenvalue weighted by Crippen LogP contribution is -2.21. The van der Waals surface area contributed by atoms with Crippen LogP contribution in [0.4, 0.5) is 4.39 Å². The molecule has 4 nitrogen and oxygen atoms in total. The molecule has 7 heteroatoms. The highest BCUT2D eigenvalue weighted by molar-refractivity contribution is 6.31. The van der Waals surface area contributed by atoms with Crippen molar-refractivity contribution < 1.29 is 19.0 Å². The predicted octanol–water partition coefficient (Wildman–Crippen LogP) is 5.93. The molecule has 0 bridgehead atoms. The van der Waals surface area contributed by atoms with Crippen LogP contribution in [-0.4, -0.2) is 18.3 Å². The van der Waals surface area contributed by atoms with E-state index in [0.717, 1.165) is 11.1 Å². The second kappa shape index (κ2) is 11.3. The highest BCUT2D eigenvalue weighted by Crippen LogP contribution is 2.35. The maximum Gasteiger partial charge on any atom is 0.163 e. The van der Waals surface area contributed by atoms with E-state index in [0.29, 0.717) is 41.2 Å². The Hall–Kier alpha value is -2.31. The van der Waals surface area contributed by atoms with Crippen molar-refractivity contribution >= 4 is 23.2 Å². The predicted molar refractivity (Wildman–Crippen MR) is 121 cm³/mol. The van der Waals surface area contributed by atoms with Gasteiger partial charge in [0.2, 0.25) is 0 Å². The van der Waals surface area contributed by atoms with E-state index in [9.17, 15) is 9.50 Å². The molecule has 0 heterocycles. The molecule has 31 heavy (non-hydrogen) atoms. The van der Waals surface area contributed by atoms with Crippen molar-refractivity contribution in [2.75, 3.05) is 13.2 Å². The molecule has 3 aromatic rings. The largest absolute Gasteiger partial charge is 0.490 e. The van der Waals surface area contributed by atoms with Crippen molar-refractivity contribution in [3.8, 4) is 11.5 Å². The van der Waals surface area contributed by atoms with E-state index >= 15 is 0 Å². The van der Waals surface area contributed by atoms with Gasteiger partial charge in [0.05, 0.1) is 17.7 Å². The standard InChI is InChI=1S/C24H24Cl2FNO3/c1-2-30-23-11-17(13-28-14-22(29)16-7-4-3-5-8-16)20(26)12-24(23)31-15-18-19(25)9-6-10-21(18)27/h3-12,22,28-29H,2,13-15H2,1H3. The molecule has 164 valence electrons. The van der Waals surface area contributed by atoms with Crippen LogP contribution in [0.1, 0.15) is 29.7 Å². The van der Waals surface area contributed by atoms with Crippen LogP contribution in [0.25, 0.3) is 0 Å². The lowest BCUT2D eigenvalue weighted by Gasteiger charge is -2.17. The van der Waals surface area contributed by atoms with Crippen LogP contribution in [0.5, 0.6) is 11.5 Å². The van der Waals surface area contributed by atoms with Crippen LogP contribution in [0.2, 0.25) is 10.0 Å². The Labute approximate surface area is 191 Å². The molecule has 2 N–H and O–H groups in total. The number of aliphatic hydroxyl groups is 1. The summed E-state index contributed by atoms with van der Waals surface area (Å²) in [7, 11) is 0. The second-order valence-corrected chi connectivity index (χ2v) is 7.68. The summed E-state index contributed by atoms with van der Waals surface area (Å²) in [5, 5.41) is 14.3. The maximum atomic E-state index is 14.0. The highest BCUT2D eigenvalue weighted by atomic mass is 35.5. The van der Waals surface area contributed by atoms with E-state index in [1.165, 1.54) is 6.07 Å². The number of nitrogens with one attached hydrogen (secondary N) is 1. The van der Waals surface area contributed by atoms with Gasteiger partial charge >= 0.3 is 0 Å². The van der Waals surface area contributed by atoms with Gasteiger partial charge in [-0.3, -0.25) is 0 Å². The molecule has 1 unspecified atom stereocenters. The van der Waals surface area contributed by atoms with Crippen molar-refractivity contribution in [3.63, 3.8) is 0 Å². The molecule has 0 spiro atoms. The number of rotatable bonds is 10. The average molecular weight is 464 g/mol. The minimum Gasteiger partial charge on any atom is -0.490 e. The SMILES string of the molecule is CCOc1cc(CNCC(O)c2ccccc2)c(Cl)cc1OCc1c(F)cccc1Cl. The highest BCUT2D eigenvalue weighted by Gasteiger charge is 2.14. The van der Waals surface area contributed by atoms with Crippen LogP contribution in [0.15, 0.2) is 60.7 Å². The minimum absolute atomic E-state index is 0.0528. The molecule has 0 saturated carbocycles. The first-order valence-corrected chi connectivity index (χ1v) is 10.7. The molecular weight excluding hydrogens is 440 g/mol. The number of hydrogen-bond acceptors (Lipinski definition) is 4. The van der Waals surface area contributed by atoms with E-state index in [1.54, 1.807) is 24.3 Å². The van der Waals surface area contributed by atoms with Crippen LogP contribution in [0, 0.1) is 5.82 Å². The summed E-state index contributed by atoms with van der Waals surface area (Å²) in [5.74, 6) is 0.466. The minimum atomic E-state index is -0.625. The fourth-order valence-electron chi connectivity index (χ4n) is 3.05. The first kappa shape index (κ1) is 23.4. The molecule has 0 aliphatic heterocycles.